The van der Waals surface area contributed by atoms with Crippen LogP contribution in [0, 0.1) is 10.1 Å². The molecule has 0 bridgehead atoms. The average Bonchev–Trinajstić information content (AvgIpc) is 2.81. The first kappa shape index (κ1) is 12.9. The summed E-state index contributed by atoms with van der Waals surface area (Å²) >= 11 is 0. The Hall–Kier alpha value is -2.57. The molecular formula is C12H12N4O3. The maximum Gasteiger partial charge on any atom is 0.269 e. The standard InChI is InChI=1S/C12H12N4O3/c1-2-12-11(8-17)13-14-15(12)7-9-3-5-10(6-4-9)16(18)19/h3-6,8H,2,7H2,1H3. The Balaban J connectivity index is 2.23. The summed E-state index contributed by atoms with van der Waals surface area (Å²) in [6.45, 7) is 2.35. The summed E-state index contributed by atoms with van der Waals surface area (Å²) in [4.78, 5) is 20.9. The molecule has 19 heavy (non-hydrogen) atoms. The molecule has 7 nitrogen and oxygen atoms in total. The summed E-state index contributed by atoms with van der Waals surface area (Å²) in [6.07, 6.45) is 1.33. The van der Waals surface area contributed by atoms with Gasteiger partial charge in [0.2, 0.25) is 0 Å². The van der Waals surface area contributed by atoms with Crippen molar-refractivity contribution in [1.82, 2.24) is 15.0 Å². The van der Waals surface area contributed by atoms with Crippen molar-refractivity contribution < 1.29 is 9.72 Å². The first-order chi connectivity index (χ1) is 9.15. The fraction of sp³-hybridized carbons (Fsp3) is 0.250. The smallest absolute Gasteiger partial charge is 0.269 e. The molecule has 2 aromatic rings. The van der Waals surface area contributed by atoms with Gasteiger partial charge in [0, 0.05) is 12.1 Å². The minimum Gasteiger partial charge on any atom is -0.296 e. The topological polar surface area (TPSA) is 90.9 Å². The zero-order valence-electron chi connectivity index (χ0n) is 10.3. The molecule has 0 aliphatic carbocycles. The number of aromatic nitrogens is 3. The van der Waals surface area contributed by atoms with Gasteiger partial charge in [-0.2, -0.15) is 0 Å². The Morgan fingerprint density at radius 2 is 2.05 bits per heavy atom. The fourth-order valence-corrected chi connectivity index (χ4v) is 1.82. The van der Waals surface area contributed by atoms with Gasteiger partial charge in [-0.3, -0.25) is 14.9 Å². The number of aldehydes is 1. The number of carbonyl (C=O) groups is 1. The molecule has 1 heterocycles. The van der Waals surface area contributed by atoms with Crippen molar-refractivity contribution in [1.29, 1.82) is 0 Å². The lowest BCUT2D eigenvalue weighted by molar-refractivity contribution is -0.384. The highest BCUT2D eigenvalue weighted by molar-refractivity contribution is 5.73. The second kappa shape index (κ2) is 5.38. The molecule has 0 saturated heterocycles. The van der Waals surface area contributed by atoms with Gasteiger partial charge < -0.3 is 0 Å². The predicted molar refractivity (Wildman–Crippen MR) is 67.0 cm³/mol. The van der Waals surface area contributed by atoms with Crippen molar-refractivity contribution in [3.63, 3.8) is 0 Å². The van der Waals surface area contributed by atoms with Gasteiger partial charge in [0.15, 0.2) is 6.29 Å². The second-order valence-corrected chi connectivity index (χ2v) is 3.97. The summed E-state index contributed by atoms with van der Waals surface area (Å²) in [6, 6.07) is 6.22. The van der Waals surface area contributed by atoms with E-state index in [1.807, 2.05) is 6.92 Å². The average molecular weight is 260 g/mol. The van der Waals surface area contributed by atoms with Crippen LogP contribution in [0.4, 0.5) is 5.69 Å². The third-order valence-electron chi connectivity index (χ3n) is 2.79. The van der Waals surface area contributed by atoms with Crippen LogP contribution in [0.1, 0.15) is 28.7 Å². The summed E-state index contributed by atoms with van der Waals surface area (Å²) in [5.74, 6) is 0. The molecule has 0 radical (unpaired) electrons. The van der Waals surface area contributed by atoms with Crippen molar-refractivity contribution in [2.75, 3.05) is 0 Å². The number of benzene rings is 1. The molecule has 0 unspecified atom stereocenters. The molecule has 0 amide bonds. The first-order valence-corrected chi connectivity index (χ1v) is 5.76. The minimum absolute atomic E-state index is 0.0478. The second-order valence-electron chi connectivity index (χ2n) is 3.97. The normalized spacial score (nSPS) is 10.4. The van der Waals surface area contributed by atoms with Crippen molar-refractivity contribution in [3.05, 3.63) is 51.3 Å². The Morgan fingerprint density at radius 3 is 2.58 bits per heavy atom. The number of nitrogens with zero attached hydrogens (tertiary/aromatic N) is 4. The number of rotatable bonds is 5. The van der Waals surface area contributed by atoms with E-state index < -0.39 is 4.92 Å². The van der Waals surface area contributed by atoms with Crippen molar-refractivity contribution in [3.8, 4) is 0 Å². The summed E-state index contributed by atoms with van der Waals surface area (Å²) in [5, 5.41) is 18.2. The lowest BCUT2D eigenvalue weighted by Crippen LogP contribution is -2.06. The van der Waals surface area contributed by atoms with Crippen LogP contribution in [-0.4, -0.2) is 26.2 Å². The maximum atomic E-state index is 10.8. The van der Waals surface area contributed by atoms with Crippen molar-refractivity contribution >= 4 is 12.0 Å². The van der Waals surface area contributed by atoms with Gasteiger partial charge in [0.25, 0.3) is 5.69 Å². The molecule has 0 aliphatic rings. The predicted octanol–water partition coefficient (Wildman–Crippen LogP) is 1.61. The van der Waals surface area contributed by atoms with Gasteiger partial charge in [-0.1, -0.05) is 24.3 Å². The number of nitro groups is 1. The number of non-ortho nitro benzene ring substituents is 1. The van der Waals surface area contributed by atoms with E-state index >= 15 is 0 Å². The molecule has 0 fully saturated rings. The Morgan fingerprint density at radius 1 is 1.37 bits per heavy atom. The highest BCUT2D eigenvalue weighted by atomic mass is 16.6. The van der Waals surface area contributed by atoms with E-state index in [0.717, 1.165) is 11.3 Å². The molecular weight excluding hydrogens is 248 g/mol. The van der Waals surface area contributed by atoms with Gasteiger partial charge in [-0.25, -0.2) is 4.68 Å². The van der Waals surface area contributed by atoms with Crippen LogP contribution < -0.4 is 0 Å². The zero-order valence-corrected chi connectivity index (χ0v) is 10.3. The van der Waals surface area contributed by atoms with Crippen LogP contribution in [0.5, 0.6) is 0 Å². The minimum atomic E-state index is -0.443. The van der Waals surface area contributed by atoms with Gasteiger partial charge in [0.1, 0.15) is 5.69 Å². The van der Waals surface area contributed by atoms with Crippen molar-refractivity contribution in [2.24, 2.45) is 0 Å². The van der Waals surface area contributed by atoms with E-state index in [-0.39, 0.29) is 5.69 Å². The van der Waals surface area contributed by atoms with Crippen LogP contribution in [0.2, 0.25) is 0 Å². The van der Waals surface area contributed by atoms with E-state index in [9.17, 15) is 14.9 Å². The molecule has 7 heteroatoms. The van der Waals surface area contributed by atoms with Crippen LogP contribution >= 0.6 is 0 Å². The molecule has 0 spiro atoms. The lowest BCUT2D eigenvalue weighted by Gasteiger charge is -2.04. The third kappa shape index (κ3) is 2.65. The van der Waals surface area contributed by atoms with Crippen LogP contribution in [0.15, 0.2) is 24.3 Å². The van der Waals surface area contributed by atoms with Gasteiger partial charge in [-0.05, 0) is 12.0 Å². The van der Waals surface area contributed by atoms with E-state index in [4.69, 9.17) is 0 Å². The summed E-state index contributed by atoms with van der Waals surface area (Å²) in [7, 11) is 0. The van der Waals surface area contributed by atoms with E-state index in [0.29, 0.717) is 24.9 Å². The summed E-state index contributed by atoms with van der Waals surface area (Å²) < 4.78 is 1.63. The highest BCUT2D eigenvalue weighted by Crippen LogP contribution is 2.14. The molecule has 2 rings (SSSR count). The van der Waals surface area contributed by atoms with E-state index in [2.05, 4.69) is 10.3 Å². The molecule has 0 aliphatic heterocycles. The van der Waals surface area contributed by atoms with Gasteiger partial charge in [-0.15, -0.1) is 5.10 Å². The van der Waals surface area contributed by atoms with Crippen LogP contribution in [-0.2, 0) is 13.0 Å². The Labute approximate surface area is 109 Å². The highest BCUT2D eigenvalue weighted by Gasteiger charge is 2.11. The summed E-state index contributed by atoms with van der Waals surface area (Å²) in [5.41, 5.74) is 2.01. The van der Waals surface area contributed by atoms with Gasteiger partial charge >= 0.3 is 0 Å². The molecule has 0 atom stereocenters. The quantitative estimate of drug-likeness (QED) is 0.462. The number of nitro benzene ring substituents is 1. The van der Waals surface area contributed by atoms with E-state index in [1.54, 1.807) is 16.8 Å². The molecule has 0 N–H and O–H groups in total. The van der Waals surface area contributed by atoms with Gasteiger partial charge in [0.05, 0.1) is 17.2 Å². The third-order valence-corrected chi connectivity index (χ3v) is 2.79. The zero-order chi connectivity index (χ0) is 13.8. The van der Waals surface area contributed by atoms with E-state index in [1.165, 1.54) is 12.1 Å². The first-order valence-electron chi connectivity index (χ1n) is 5.76. The molecule has 98 valence electrons. The molecule has 1 aromatic heterocycles. The molecule has 0 saturated carbocycles. The fourth-order valence-electron chi connectivity index (χ4n) is 1.82. The number of hydrogen-bond acceptors (Lipinski definition) is 5. The monoisotopic (exact) mass is 260 g/mol. The van der Waals surface area contributed by atoms with Crippen LogP contribution in [0.25, 0.3) is 0 Å². The number of carbonyl (C=O) groups excluding carboxylic acids is 1. The Bertz CT molecular complexity index is 604. The SMILES string of the molecule is CCc1c(C=O)nnn1Cc1ccc([N+](=O)[O-])cc1. The van der Waals surface area contributed by atoms with Crippen molar-refractivity contribution in [2.45, 2.75) is 19.9 Å². The maximum absolute atomic E-state index is 10.8. The number of hydrogen-bond donors (Lipinski definition) is 0. The molecule has 1 aromatic carbocycles. The largest absolute Gasteiger partial charge is 0.296 e. The lowest BCUT2D eigenvalue weighted by atomic mass is 10.2. The van der Waals surface area contributed by atoms with Crippen LogP contribution in [0.3, 0.4) is 0 Å². The Kier molecular flexibility index (Phi) is 3.65.